The van der Waals surface area contributed by atoms with Gasteiger partial charge in [0, 0.05) is 36.6 Å². The Hall–Kier alpha value is -1.26. The van der Waals surface area contributed by atoms with E-state index in [0.717, 1.165) is 11.6 Å². The molecule has 2 aromatic rings. The van der Waals surface area contributed by atoms with E-state index in [1.54, 1.807) is 11.3 Å². The lowest BCUT2D eigenvalue weighted by Crippen LogP contribution is -2.17. The predicted octanol–water partition coefficient (Wildman–Crippen LogP) is 2.39. The molecular formula is C11H13N3S. The summed E-state index contributed by atoms with van der Waals surface area (Å²) in [6, 6.07) is 4.39. The lowest BCUT2D eigenvalue weighted by molar-refractivity contribution is 0.572. The second kappa shape index (κ2) is 5.00. The van der Waals surface area contributed by atoms with Crippen LogP contribution in [-0.4, -0.2) is 9.97 Å². The minimum Gasteiger partial charge on any atom is -0.304 e. The van der Waals surface area contributed by atoms with Gasteiger partial charge in [0.15, 0.2) is 0 Å². The van der Waals surface area contributed by atoms with Crippen LogP contribution in [0.15, 0.2) is 36.1 Å². The van der Waals surface area contributed by atoms with Gasteiger partial charge >= 0.3 is 0 Å². The van der Waals surface area contributed by atoms with Gasteiger partial charge in [0.05, 0.1) is 0 Å². The predicted molar refractivity (Wildman–Crippen MR) is 61.6 cm³/mol. The minimum absolute atomic E-state index is 0.330. The monoisotopic (exact) mass is 219 g/mol. The van der Waals surface area contributed by atoms with Crippen molar-refractivity contribution in [1.29, 1.82) is 0 Å². The minimum atomic E-state index is 0.330. The number of hydrogen-bond donors (Lipinski definition) is 1. The zero-order valence-corrected chi connectivity index (χ0v) is 9.37. The molecule has 2 rings (SSSR count). The van der Waals surface area contributed by atoms with Crippen LogP contribution in [0.5, 0.6) is 0 Å². The number of rotatable bonds is 4. The van der Waals surface area contributed by atoms with Crippen LogP contribution in [-0.2, 0) is 6.54 Å². The molecule has 1 N–H and O–H groups in total. The standard InChI is InChI=1S/C11H13N3S/c1-9(10-2-4-12-5-3-10)14-8-11-13-6-7-15-11/h2-7,9,14H,8H2,1H3/t9-/m1/s1. The molecule has 2 aromatic heterocycles. The molecule has 2 heterocycles. The van der Waals surface area contributed by atoms with Gasteiger partial charge < -0.3 is 5.32 Å². The van der Waals surface area contributed by atoms with Crippen LogP contribution in [0.1, 0.15) is 23.5 Å². The fraction of sp³-hybridized carbons (Fsp3) is 0.273. The molecule has 0 aliphatic carbocycles. The number of nitrogens with one attached hydrogen (secondary N) is 1. The molecular weight excluding hydrogens is 206 g/mol. The van der Waals surface area contributed by atoms with Gasteiger partial charge in [-0.15, -0.1) is 11.3 Å². The highest BCUT2D eigenvalue weighted by atomic mass is 32.1. The maximum Gasteiger partial charge on any atom is 0.106 e. The molecule has 0 aliphatic rings. The molecule has 0 fully saturated rings. The van der Waals surface area contributed by atoms with Crippen LogP contribution >= 0.6 is 11.3 Å². The third-order valence-corrected chi connectivity index (χ3v) is 3.03. The maximum atomic E-state index is 4.23. The number of hydrogen-bond acceptors (Lipinski definition) is 4. The van der Waals surface area contributed by atoms with Crippen molar-refractivity contribution in [3.8, 4) is 0 Å². The van der Waals surface area contributed by atoms with Crippen LogP contribution in [0.3, 0.4) is 0 Å². The SMILES string of the molecule is C[C@@H](NCc1nccs1)c1ccncc1. The van der Waals surface area contributed by atoms with E-state index < -0.39 is 0 Å². The second-order valence-corrected chi connectivity index (χ2v) is 4.29. The number of pyridine rings is 1. The Morgan fingerprint density at radius 3 is 2.80 bits per heavy atom. The second-order valence-electron chi connectivity index (χ2n) is 3.31. The molecule has 0 saturated heterocycles. The molecule has 78 valence electrons. The lowest BCUT2D eigenvalue weighted by Gasteiger charge is -2.12. The van der Waals surface area contributed by atoms with Gasteiger partial charge in [0.2, 0.25) is 0 Å². The van der Waals surface area contributed by atoms with Gasteiger partial charge in [-0.25, -0.2) is 4.98 Å². The van der Waals surface area contributed by atoms with Crippen LogP contribution < -0.4 is 5.32 Å². The molecule has 0 aliphatic heterocycles. The van der Waals surface area contributed by atoms with Gasteiger partial charge in [-0.3, -0.25) is 4.98 Å². The van der Waals surface area contributed by atoms with Gasteiger partial charge in [0.1, 0.15) is 5.01 Å². The molecule has 0 spiro atoms. The van der Waals surface area contributed by atoms with Crippen LogP contribution in [0.2, 0.25) is 0 Å². The average molecular weight is 219 g/mol. The third kappa shape index (κ3) is 2.84. The van der Waals surface area contributed by atoms with Crippen molar-refractivity contribution in [1.82, 2.24) is 15.3 Å². The average Bonchev–Trinajstić information content (AvgIpc) is 2.80. The van der Waals surface area contributed by atoms with Crippen molar-refractivity contribution in [2.24, 2.45) is 0 Å². The summed E-state index contributed by atoms with van der Waals surface area (Å²) in [7, 11) is 0. The highest BCUT2D eigenvalue weighted by molar-refractivity contribution is 7.09. The summed E-state index contributed by atoms with van der Waals surface area (Å²) >= 11 is 1.67. The number of thiazole rings is 1. The molecule has 4 heteroatoms. The lowest BCUT2D eigenvalue weighted by atomic mass is 10.1. The zero-order valence-electron chi connectivity index (χ0n) is 8.55. The zero-order chi connectivity index (χ0) is 10.5. The summed E-state index contributed by atoms with van der Waals surface area (Å²) in [5.41, 5.74) is 1.25. The van der Waals surface area contributed by atoms with E-state index in [1.165, 1.54) is 5.56 Å². The molecule has 0 unspecified atom stereocenters. The summed E-state index contributed by atoms with van der Waals surface area (Å²) in [6.07, 6.45) is 5.46. The summed E-state index contributed by atoms with van der Waals surface area (Å²) in [5.74, 6) is 0. The summed E-state index contributed by atoms with van der Waals surface area (Å²) in [6.45, 7) is 2.96. The van der Waals surface area contributed by atoms with E-state index in [0.29, 0.717) is 6.04 Å². The Morgan fingerprint density at radius 2 is 2.13 bits per heavy atom. The van der Waals surface area contributed by atoms with E-state index in [-0.39, 0.29) is 0 Å². The Kier molecular flexibility index (Phi) is 3.42. The Labute approximate surface area is 93.2 Å². The number of nitrogens with zero attached hydrogens (tertiary/aromatic N) is 2. The largest absolute Gasteiger partial charge is 0.304 e. The van der Waals surface area contributed by atoms with Crippen molar-refractivity contribution in [3.05, 3.63) is 46.7 Å². The molecule has 0 saturated carbocycles. The van der Waals surface area contributed by atoms with Gasteiger partial charge in [-0.05, 0) is 24.6 Å². The van der Waals surface area contributed by atoms with Crippen molar-refractivity contribution in [3.63, 3.8) is 0 Å². The van der Waals surface area contributed by atoms with Crippen LogP contribution in [0.25, 0.3) is 0 Å². The van der Waals surface area contributed by atoms with Crippen molar-refractivity contribution >= 4 is 11.3 Å². The molecule has 0 bridgehead atoms. The van der Waals surface area contributed by atoms with E-state index in [2.05, 4.69) is 22.2 Å². The quantitative estimate of drug-likeness (QED) is 0.858. The molecule has 0 radical (unpaired) electrons. The summed E-state index contributed by atoms with van der Waals surface area (Å²) < 4.78 is 0. The highest BCUT2D eigenvalue weighted by Gasteiger charge is 2.04. The van der Waals surface area contributed by atoms with Crippen molar-refractivity contribution in [2.45, 2.75) is 19.5 Å². The van der Waals surface area contributed by atoms with Gasteiger partial charge in [0.25, 0.3) is 0 Å². The van der Waals surface area contributed by atoms with E-state index in [4.69, 9.17) is 0 Å². The summed E-state index contributed by atoms with van der Waals surface area (Å²) in [4.78, 5) is 8.23. The maximum absolute atomic E-state index is 4.23. The molecule has 1 atom stereocenters. The summed E-state index contributed by atoms with van der Waals surface area (Å²) in [5, 5.41) is 6.54. The number of aromatic nitrogens is 2. The van der Waals surface area contributed by atoms with Crippen molar-refractivity contribution in [2.75, 3.05) is 0 Å². The van der Waals surface area contributed by atoms with Gasteiger partial charge in [-0.1, -0.05) is 0 Å². The fourth-order valence-electron chi connectivity index (χ4n) is 1.35. The first-order valence-corrected chi connectivity index (χ1v) is 5.76. The fourth-order valence-corrected chi connectivity index (χ4v) is 1.92. The van der Waals surface area contributed by atoms with E-state index in [1.807, 2.05) is 36.1 Å². The van der Waals surface area contributed by atoms with E-state index in [9.17, 15) is 0 Å². The first-order chi connectivity index (χ1) is 7.36. The Bertz CT molecular complexity index is 385. The molecule has 3 nitrogen and oxygen atoms in total. The Balaban J connectivity index is 1.90. The van der Waals surface area contributed by atoms with E-state index >= 15 is 0 Å². The first-order valence-electron chi connectivity index (χ1n) is 4.88. The van der Waals surface area contributed by atoms with Crippen LogP contribution in [0.4, 0.5) is 0 Å². The van der Waals surface area contributed by atoms with Crippen LogP contribution in [0, 0.1) is 0 Å². The molecule has 15 heavy (non-hydrogen) atoms. The first kappa shape index (κ1) is 10.3. The Morgan fingerprint density at radius 1 is 1.33 bits per heavy atom. The smallest absolute Gasteiger partial charge is 0.106 e. The third-order valence-electron chi connectivity index (χ3n) is 2.25. The van der Waals surface area contributed by atoms with Crippen molar-refractivity contribution < 1.29 is 0 Å². The topological polar surface area (TPSA) is 37.8 Å². The van der Waals surface area contributed by atoms with Gasteiger partial charge in [-0.2, -0.15) is 0 Å². The highest BCUT2D eigenvalue weighted by Crippen LogP contribution is 2.12. The molecule has 0 aromatic carbocycles. The normalized spacial score (nSPS) is 12.6. The molecule has 0 amide bonds.